The second-order valence-electron chi connectivity index (χ2n) is 5.42. The van der Waals surface area contributed by atoms with Crippen LogP contribution < -0.4 is 10.6 Å². The first kappa shape index (κ1) is 14.5. The van der Waals surface area contributed by atoms with Crippen LogP contribution in [0.2, 0.25) is 0 Å². The summed E-state index contributed by atoms with van der Waals surface area (Å²) in [5.41, 5.74) is 0.245. The standard InChI is InChI=1S/C15H20N2O3/c1-15(8-5-9-16-15)14(20)17-12(13(18)19)10-11-6-3-2-4-7-11/h2-4,6-7,12,16H,5,8-10H2,1H3,(H,17,20)(H,18,19)/t12-,15-/m1/s1. The summed E-state index contributed by atoms with van der Waals surface area (Å²) in [5, 5.41) is 15.1. The summed E-state index contributed by atoms with van der Waals surface area (Å²) in [6.07, 6.45) is 1.95. The van der Waals surface area contributed by atoms with Crippen molar-refractivity contribution < 1.29 is 14.7 Å². The van der Waals surface area contributed by atoms with Gasteiger partial charge in [-0.05, 0) is 31.9 Å². The van der Waals surface area contributed by atoms with E-state index in [0.717, 1.165) is 24.9 Å². The first-order valence-corrected chi connectivity index (χ1v) is 6.84. The minimum absolute atomic E-state index is 0.238. The van der Waals surface area contributed by atoms with Gasteiger partial charge < -0.3 is 15.7 Å². The monoisotopic (exact) mass is 276 g/mol. The van der Waals surface area contributed by atoms with Crippen molar-refractivity contribution in [2.45, 2.75) is 37.8 Å². The number of carbonyl (C=O) groups is 2. The third-order valence-electron chi connectivity index (χ3n) is 3.76. The fraction of sp³-hybridized carbons (Fsp3) is 0.467. The van der Waals surface area contributed by atoms with Gasteiger partial charge in [0.2, 0.25) is 5.91 Å². The van der Waals surface area contributed by atoms with E-state index in [9.17, 15) is 14.7 Å². The summed E-state index contributed by atoms with van der Waals surface area (Å²) in [5.74, 6) is -1.25. The van der Waals surface area contributed by atoms with Crippen molar-refractivity contribution in [1.82, 2.24) is 10.6 Å². The van der Waals surface area contributed by atoms with Crippen molar-refractivity contribution in [3.8, 4) is 0 Å². The quantitative estimate of drug-likeness (QED) is 0.748. The minimum atomic E-state index is -1.01. The largest absolute Gasteiger partial charge is 0.480 e. The van der Waals surface area contributed by atoms with Crippen LogP contribution in [-0.4, -0.2) is 35.1 Å². The third kappa shape index (κ3) is 3.36. The van der Waals surface area contributed by atoms with E-state index in [2.05, 4.69) is 10.6 Å². The lowest BCUT2D eigenvalue weighted by Gasteiger charge is -2.25. The van der Waals surface area contributed by atoms with E-state index in [4.69, 9.17) is 0 Å². The Morgan fingerprint density at radius 3 is 2.65 bits per heavy atom. The van der Waals surface area contributed by atoms with E-state index < -0.39 is 17.6 Å². The Hall–Kier alpha value is -1.88. The van der Waals surface area contributed by atoms with Gasteiger partial charge in [-0.3, -0.25) is 4.79 Å². The Kier molecular flexibility index (Phi) is 4.39. The number of amides is 1. The summed E-state index contributed by atoms with van der Waals surface area (Å²) in [6, 6.07) is 8.41. The highest BCUT2D eigenvalue weighted by molar-refractivity contribution is 5.90. The molecule has 1 fully saturated rings. The molecule has 1 aliphatic heterocycles. The lowest BCUT2D eigenvalue weighted by molar-refractivity contribution is -0.142. The molecule has 1 saturated heterocycles. The molecule has 1 aliphatic rings. The first-order chi connectivity index (χ1) is 9.51. The number of carbonyl (C=O) groups excluding carboxylic acids is 1. The smallest absolute Gasteiger partial charge is 0.326 e. The molecule has 20 heavy (non-hydrogen) atoms. The maximum absolute atomic E-state index is 12.2. The number of carboxylic acids is 1. The van der Waals surface area contributed by atoms with Crippen LogP contribution in [0.4, 0.5) is 0 Å². The van der Waals surface area contributed by atoms with Crippen LogP contribution in [0.3, 0.4) is 0 Å². The van der Waals surface area contributed by atoms with Gasteiger partial charge in [-0.15, -0.1) is 0 Å². The van der Waals surface area contributed by atoms with Crippen LogP contribution in [-0.2, 0) is 16.0 Å². The topological polar surface area (TPSA) is 78.4 Å². The van der Waals surface area contributed by atoms with Crippen LogP contribution in [0, 0.1) is 0 Å². The molecule has 0 aromatic heterocycles. The van der Waals surface area contributed by atoms with Crippen LogP contribution in [0.5, 0.6) is 0 Å². The van der Waals surface area contributed by atoms with Crippen LogP contribution in [0.25, 0.3) is 0 Å². The second kappa shape index (κ2) is 6.05. The number of hydrogen-bond donors (Lipinski definition) is 3. The molecule has 0 aliphatic carbocycles. The Bertz CT molecular complexity index is 481. The van der Waals surface area contributed by atoms with E-state index in [1.54, 1.807) is 0 Å². The van der Waals surface area contributed by atoms with Gasteiger partial charge >= 0.3 is 5.97 Å². The predicted octanol–water partition coefficient (Wildman–Crippen LogP) is 0.941. The lowest BCUT2D eigenvalue weighted by Crippen LogP contribution is -2.55. The highest BCUT2D eigenvalue weighted by atomic mass is 16.4. The molecular weight excluding hydrogens is 256 g/mol. The summed E-state index contributed by atoms with van der Waals surface area (Å²) in [7, 11) is 0. The summed E-state index contributed by atoms with van der Waals surface area (Å²) < 4.78 is 0. The number of nitrogens with one attached hydrogen (secondary N) is 2. The van der Waals surface area contributed by atoms with E-state index in [1.165, 1.54) is 0 Å². The molecule has 1 heterocycles. The molecule has 5 nitrogen and oxygen atoms in total. The minimum Gasteiger partial charge on any atom is -0.480 e. The first-order valence-electron chi connectivity index (χ1n) is 6.84. The van der Waals surface area contributed by atoms with Gasteiger partial charge in [-0.1, -0.05) is 30.3 Å². The molecule has 2 atom stereocenters. The molecule has 1 aromatic carbocycles. The molecule has 5 heteroatoms. The zero-order valence-electron chi connectivity index (χ0n) is 11.6. The molecule has 3 N–H and O–H groups in total. The van der Waals surface area contributed by atoms with Crippen molar-refractivity contribution in [1.29, 1.82) is 0 Å². The third-order valence-corrected chi connectivity index (χ3v) is 3.76. The van der Waals surface area contributed by atoms with Crippen molar-refractivity contribution in [2.75, 3.05) is 6.54 Å². The lowest BCUT2D eigenvalue weighted by atomic mass is 9.98. The van der Waals surface area contributed by atoms with E-state index in [-0.39, 0.29) is 12.3 Å². The summed E-state index contributed by atoms with van der Waals surface area (Å²) in [6.45, 7) is 2.61. The molecule has 108 valence electrons. The molecule has 1 aromatic rings. The zero-order chi connectivity index (χ0) is 14.6. The van der Waals surface area contributed by atoms with Gasteiger partial charge in [0, 0.05) is 6.42 Å². The van der Waals surface area contributed by atoms with Gasteiger partial charge in [-0.2, -0.15) is 0 Å². The number of hydrogen-bond acceptors (Lipinski definition) is 3. The molecule has 0 spiro atoms. The highest BCUT2D eigenvalue weighted by Gasteiger charge is 2.37. The molecule has 1 amide bonds. The van der Waals surface area contributed by atoms with E-state index >= 15 is 0 Å². The molecular formula is C15H20N2O3. The fourth-order valence-electron chi connectivity index (χ4n) is 2.46. The molecule has 0 radical (unpaired) electrons. The van der Waals surface area contributed by atoms with Crippen molar-refractivity contribution in [2.24, 2.45) is 0 Å². The Labute approximate surface area is 118 Å². The highest BCUT2D eigenvalue weighted by Crippen LogP contribution is 2.19. The molecule has 0 saturated carbocycles. The van der Waals surface area contributed by atoms with Gasteiger partial charge in [0.15, 0.2) is 0 Å². The fourth-order valence-corrected chi connectivity index (χ4v) is 2.46. The van der Waals surface area contributed by atoms with Crippen LogP contribution in [0.15, 0.2) is 30.3 Å². The average molecular weight is 276 g/mol. The van der Waals surface area contributed by atoms with Crippen molar-refractivity contribution in [3.05, 3.63) is 35.9 Å². The average Bonchev–Trinajstić information content (AvgIpc) is 2.87. The van der Waals surface area contributed by atoms with E-state index in [1.807, 2.05) is 37.3 Å². The Morgan fingerprint density at radius 2 is 2.10 bits per heavy atom. The Morgan fingerprint density at radius 1 is 1.40 bits per heavy atom. The van der Waals surface area contributed by atoms with Crippen LogP contribution in [0.1, 0.15) is 25.3 Å². The zero-order valence-corrected chi connectivity index (χ0v) is 11.6. The predicted molar refractivity (Wildman–Crippen MR) is 75.4 cm³/mol. The molecule has 0 unspecified atom stereocenters. The maximum Gasteiger partial charge on any atom is 0.326 e. The van der Waals surface area contributed by atoms with Gasteiger partial charge in [-0.25, -0.2) is 4.79 Å². The second-order valence-corrected chi connectivity index (χ2v) is 5.42. The number of benzene rings is 1. The van der Waals surface area contributed by atoms with Crippen molar-refractivity contribution in [3.63, 3.8) is 0 Å². The number of aliphatic carboxylic acids is 1. The van der Waals surface area contributed by atoms with Gasteiger partial charge in [0.1, 0.15) is 6.04 Å². The summed E-state index contributed by atoms with van der Waals surface area (Å²) >= 11 is 0. The maximum atomic E-state index is 12.2. The SMILES string of the molecule is C[C@]1(C(=O)N[C@H](Cc2ccccc2)C(=O)O)CCCN1. The van der Waals surface area contributed by atoms with Gasteiger partial charge in [0.05, 0.1) is 5.54 Å². The van der Waals surface area contributed by atoms with Crippen LogP contribution >= 0.6 is 0 Å². The van der Waals surface area contributed by atoms with Crippen molar-refractivity contribution >= 4 is 11.9 Å². The molecule has 0 bridgehead atoms. The summed E-state index contributed by atoms with van der Waals surface area (Å²) in [4.78, 5) is 23.6. The van der Waals surface area contributed by atoms with E-state index in [0.29, 0.717) is 0 Å². The number of carboxylic acid groups (broad SMARTS) is 1. The molecule has 2 rings (SSSR count). The number of rotatable bonds is 5. The van der Waals surface area contributed by atoms with Gasteiger partial charge in [0.25, 0.3) is 0 Å². The normalized spacial score (nSPS) is 23.2. The Balaban J connectivity index is 2.02.